The smallest absolute Gasteiger partial charge is 0.443 e. The van der Waals surface area contributed by atoms with Crippen molar-refractivity contribution in [3.63, 3.8) is 0 Å². The summed E-state index contributed by atoms with van der Waals surface area (Å²) in [5, 5.41) is 0. The fourth-order valence-electron chi connectivity index (χ4n) is 1.42. The van der Waals surface area contributed by atoms with Gasteiger partial charge in [-0.3, -0.25) is 4.57 Å². The molecule has 0 amide bonds. The van der Waals surface area contributed by atoms with Crippen molar-refractivity contribution in [2.45, 2.75) is 26.4 Å². The van der Waals surface area contributed by atoms with E-state index in [2.05, 4.69) is 4.98 Å². The van der Waals surface area contributed by atoms with Crippen LogP contribution in [-0.2, 0) is 4.74 Å². The Hall–Kier alpha value is -1.71. The Morgan fingerprint density at radius 1 is 1.47 bits per heavy atom. The minimum Gasteiger partial charge on any atom is -0.443 e. The van der Waals surface area contributed by atoms with Crippen molar-refractivity contribution in [3.8, 4) is 0 Å². The molecule has 0 saturated carbocycles. The average Bonchev–Trinajstić information content (AvgIpc) is 2.57. The number of nitrogens with one attached hydrogen (secondary N) is 1. The number of ether oxygens (including phenoxy) is 1. The summed E-state index contributed by atoms with van der Waals surface area (Å²) in [7, 11) is 0. The van der Waals surface area contributed by atoms with Crippen LogP contribution in [0.3, 0.4) is 0 Å². The molecule has 0 aliphatic heterocycles. The predicted molar refractivity (Wildman–Crippen MR) is 59.0 cm³/mol. The minimum atomic E-state index is -0.468. The number of rotatable bonds is 0. The second kappa shape index (κ2) is 3.15. The van der Waals surface area contributed by atoms with Gasteiger partial charge in [-0.2, -0.15) is 0 Å². The Balaban J connectivity index is 0.00000128. The van der Waals surface area contributed by atoms with Gasteiger partial charge in [0.05, 0.1) is 11.0 Å². The van der Waals surface area contributed by atoms with E-state index in [1.165, 1.54) is 4.57 Å². The van der Waals surface area contributed by atoms with Gasteiger partial charge in [0.15, 0.2) is 0 Å². The monoisotopic (exact) mass is 207 g/mol. The topological polar surface area (TPSA) is 47.0 Å². The molecule has 2 heterocycles. The van der Waals surface area contributed by atoms with E-state index >= 15 is 0 Å². The van der Waals surface area contributed by atoms with Crippen LogP contribution in [0.4, 0.5) is 4.79 Å². The molecule has 2 aromatic rings. The van der Waals surface area contributed by atoms with Crippen molar-refractivity contribution in [1.82, 2.24) is 9.55 Å². The fourth-order valence-corrected chi connectivity index (χ4v) is 1.42. The summed E-state index contributed by atoms with van der Waals surface area (Å²) < 4.78 is 6.77. The second-order valence-corrected chi connectivity index (χ2v) is 4.44. The normalized spacial score (nSPS) is 11.9. The summed E-state index contributed by atoms with van der Waals surface area (Å²) in [5.41, 5.74) is 1.30. The molecule has 0 saturated heterocycles. The fraction of sp³-hybridized carbons (Fsp3) is 0.364. The molecule has 4 heteroatoms. The maximum atomic E-state index is 11.8. The van der Waals surface area contributed by atoms with Gasteiger partial charge in [-0.15, -0.1) is 0 Å². The number of H-pyrrole nitrogens is 1. The van der Waals surface area contributed by atoms with Gasteiger partial charge < -0.3 is 9.72 Å². The van der Waals surface area contributed by atoms with Crippen LogP contribution in [0.15, 0.2) is 24.5 Å². The standard InChI is InChI=1S/C11H14N2O2/c1-11(2,3)15-10(14)13-7-5-8-9(13)4-6-12-8/h4-7,12H,1-3H3/p+1. The van der Waals surface area contributed by atoms with Crippen LogP contribution in [0, 0.1) is 0 Å². The van der Waals surface area contributed by atoms with E-state index in [1.54, 1.807) is 12.4 Å². The molecule has 1 N–H and O–H groups in total. The Kier molecular flexibility index (Phi) is 2.07. The lowest BCUT2D eigenvalue weighted by atomic mass is 10.2. The summed E-state index contributed by atoms with van der Waals surface area (Å²) in [6.07, 6.45) is 3.15. The molecule has 0 aromatic carbocycles. The lowest BCUT2D eigenvalue weighted by molar-refractivity contribution is 0.0544. The molecule has 4 nitrogen and oxygen atoms in total. The number of aromatic nitrogens is 2. The lowest BCUT2D eigenvalue weighted by Gasteiger charge is -2.19. The first-order valence-corrected chi connectivity index (χ1v) is 4.85. The molecular formula is C11H15N2O2+. The van der Waals surface area contributed by atoms with Crippen LogP contribution in [-0.4, -0.2) is 21.2 Å². The van der Waals surface area contributed by atoms with Gasteiger partial charge in [-0.1, -0.05) is 0 Å². The highest BCUT2D eigenvalue weighted by Crippen LogP contribution is 2.16. The Bertz CT molecular complexity index is 493. The van der Waals surface area contributed by atoms with E-state index in [1.807, 2.05) is 32.9 Å². The molecule has 15 heavy (non-hydrogen) atoms. The van der Waals surface area contributed by atoms with E-state index in [0.29, 0.717) is 0 Å². The number of nitrogens with zero attached hydrogens (tertiary/aromatic N) is 1. The highest BCUT2D eigenvalue weighted by Gasteiger charge is 2.18. The van der Waals surface area contributed by atoms with Crippen LogP contribution in [0.25, 0.3) is 11.0 Å². The highest BCUT2D eigenvalue weighted by atomic mass is 16.6. The highest BCUT2D eigenvalue weighted by molar-refractivity contribution is 5.87. The Labute approximate surface area is 89.3 Å². The third-order valence-electron chi connectivity index (χ3n) is 2.00. The zero-order valence-corrected chi connectivity index (χ0v) is 9.07. The zero-order chi connectivity index (χ0) is 11.1. The lowest BCUT2D eigenvalue weighted by Crippen LogP contribution is -2.26. The van der Waals surface area contributed by atoms with Gasteiger partial charge in [0.25, 0.3) is 0 Å². The van der Waals surface area contributed by atoms with Crippen LogP contribution in [0.1, 0.15) is 22.2 Å². The minimum absolute atomic E-state index is 0. The van der Waals surface area contributed by atoms with Crippen molar-refractivity contribution >= 4 is 17.1 Å². The quantitative estimate of drug-likeness (QED) is 0.722. The van der Waals surface area contributed by atoms with Gasteiger partial charge in [-0.25, -0.2) is 4.79 Å². The van der Waals surface area contributed by atoms with E-state index < -0.39 is 5.60 Å². The molecular weight excluding hydrogens is 192 g/mol. The molecule has 0 radical (unpaired) electrons. The Morgan fingerprint density at radius 2 is 2.20 bits per heavy atom. The number of carbonyl (C=O) groups is 1. The summed E-state index contributed by atoms with van der Waals surface area (Å²) in [6, 6.07) is 3.69. The molecule has 2 aromatic heterocycles. The second-order valence-electron chi connectivity index (χ2n) is 4.44. The van der Waals surface area contributed by atoms with Crippen molar-refractivity contribution < 1.29 is 11.0 Å². The zero-order valence-electron chi connectivity index (χ0n) is 10.1. The van der Waals surface area contributed by atoms with E-state index in [4.69, 9.17) is 4.74 Å². The first-order valence-electron chi connectivity index (χ1n) is 4.85. The van der Waals surface area contributed by atoms with Gasteiger partial charge in [0, 0.05) is 12.4 Å². The van der Waals surface area contributed by atoms with Crippen molar-refractivity contribution in [3.05, 3.63) is 24.5 Å². The maximum Gasteiger partial charge on any atom is 1.00 e. The third kappa shape index (κ3) is 1.88. The van der Waals surface area contributed by atoms with Gasteiger partial charge in [-0.05, 0) is 32.9 Å². The number of hydrogen-bond acceptors (Lipinski definition) is 2. The van der Waals surface area contributed by atoms with Gasteiger partial charge >= 0.3 is 7.52 Å². The molecule has 2 rings (SSSR count). The maximum absolute atomic E-state index is 11.8. The van der Waals surface area contributed by atoms with Crippen LogP contribution < -0.4 is 0 Å². The molecule has 0 aliphatic carbocycles. The molecule has 0 atom stereocenters. The summed E-state index contributed by atoms with van der Waals surface area (Å²) >= 11 is 0. The van der Waals surface area contributed by atoms with E-state index in [-0.39, 0.29) is 7.52 Å². The first kappa shape index (κ1) is 9.83. The van der Waals surface area contributed by atoms with E-state index in [9.17, 15) is 4.79 Å². The summed E-state index contributed by atoms with van der Waals surface area (Å²) in [6.45, 7) is 5.55. The molecule has 0 fully saturated rings. The van der Waals surface area contributed by atoms with Crippen LogP contribution in [0.5, 0.6) is 0 Å². The average molecular weight is 207 g/mol. The molecule has 0 aliphatic rings. The van der Waals surface area contributed by atoms with Gasteiger partial charge in [0.1, 0.15) is 5.60 Å². The third-order valence-corrected chi connectivity index (χ3v) is 2.00. The van der Waals surface area contributed by atoms with Crippen molar-refractivity contribution in [2.24, 2.45) is 0 Å². The molecule has 80 valence electrons. The first-order chi connectivity index (χ1) is 6.97. The van der Waals surface area contributed by atoms with Gasteiger partial charge in [0.2, 0.25) is 0 Å². The number of fused-ring (bicyclic) bond motifs is 1. The number of hydrogen-bond donors (Lipinski definition) is 1. The number of carbonyl (C=O) groups excluding carboxylic acids is 1. The molecule has 0 bridgehead atoms. The summed E-state index contributed by atoms with van der Waals surface area (Å²) in [4.78, 5) is 14.8. The van der Waals surface area contributed by atoms with Crippen molar-refractivity contribution in [2.75, 3.05) is 0 Å². The SMILES string of the molecule is CC(C)(C)OC(=O)n1ccc2[nH]ccc21.[H+]. The van der Waals surface area contributed by atoms with Crippen molar-refractivity contribution in [1.29, 1.82) is 0 Å². The Morgan fingerprint density at radius 3 is 2.87 bits per heavy atom. The largest absolute Gasteiger partial charge is 1.00 e. The van der Waals surface area contributed by atoms with Crippen LogP contribution >= 0.6 is 0 Å². The van der Waals surface area contributed by atoms with Crippen LogP contribution in [0.2, 0.25) is 0 Å². The molecule has 0 unspecified atom stereocenters. The predicted octanol–water partition coefficient (Wildman–Crippen LogP) is 2.87. The summed E-state index contributed by atoms with van der Waals surface area (Å²) in [5.74, 6) is 0. The van der Waals surface area contributed by atoms with E-state index in [0.717, 1.165) is 11.0 Å². The molecule has 0 spiro atoms. The number of aromatic amines is 1.